The van der Waals surface area contributed by atoms with Gasteiger partial charge in [-0.15, -0.1) is 11.3 Å². The lowest BCUT2D eigenvalue weighted by Gasteiger charge is -2.12. The van der Waals surface area contributed by atoms with Crippen molar-refractivity contribution in [2.24, 2.45) is 5.73 Å². The largest absolute Gasteiger partial charge is 0.416 e. The molecule has 114 valence electrons. The average Bonchev–Trinajstić information content (AvgIpc) is 2.91. The molecule has 2 N–H and O–H groups in total. The fourth-order valence-corrected chi connectivity index (χ4v) is 2.98. The number of halogens is 3. The van der Waals surface area contributed by atoms with E-state index in [4.69, 9.17) is 5.73 Å². The van der Waals surface area contributed by atoms with Gasteiger partial charge in [-0.25, -0.2) is 0 Å². The van der Waals surface area contributed by atoms with Crippen LogP contribution in [0.3, 0.4) is 0 Å². The van der Waals surface area contributed by atoms with Gasteiger partial charge < -0.3 is 5.73 Å². The maximum atomic E-state index is 12.5. The Morgan fingerprint density at radius 1 is 1.10 bits per heavy atom. The highest BCUT2D eigenvalue weighted by Crippen LogP contribution is 2.29. The van der Waals surface area contributed by atoms with Crippen LogP contribution in [0, 0.1) is 0 Å². The molecule has 0 saturated heterocycles. The van der Waals surface area contributed by atoms with Crippen molar-refractivity contribution in [3.8, 4) is 0 Å². The number of hydrogen-bond acceptors (Lipinski definition) is 2. The topological polar surface area (TPSA) is 26.0 Å². The van der Waals surface area contributed by atoms with Crippen molar-refractivity contribution in [3.63, 3.8) is 0 Å². The van der Waals surface area contributed by atoms with Crippen molar-refractivity contribution in [2.45, 2.75) is 37.9 Å². The second-order valence-electron chi connectivity index (χ2n) is 5.13. The summed E-state index contributed by atoms with van der Waals surface area (Å²) in [6.07, 6.45) is -0.774. The van der Waals surface area contributed by atoms with Crippen molar-refractivity contribution in [1.29, 1.82) is 0 Å². The van der Waals surface area contributed by atoms with Gasteiger partial charge in [0.2, 0.25) is 0 Å². The first kappa shape index (κ1) is 16.0. The Labute approximate surface area is 126 Å². The summed E-state index contributed by atoms with van der Waals surface area (Å²) in [4.78, 5) is 1.34. The van der Waals surface area contributed by atoms with Crippen LogP contribution >= 0.6 is 11.3 Å². The Kier molecular flexibility index (Phi) is 5.42. The van der Waals surface area contributed by atoms with Gasteiger partial charge in [0.1, 0.15) is 0 Å². The molecule has 0 aliphatic heterocycles. The van der Waals surface area contributed by atoms with Gasteiger partial charge in [-0.3, -0.25) is 0 Å². The van der Waals surface area contributed by atoms with Crippen molar-refractivity contribution in [1.82, 2.24) is 0 Å². The normalized spacial score (nSPS) is 13.3. The van der Waals surface area contributed by atoms with Crippen LogP contribution in [0.2, 0.25) is 0 Å². The van der Waals surface area contributed by atoms with Crippen LogP contribution in [0.1, 0.15) is 28.8 Å². The SMILES string of the molecule is NC(CCCc1cccs1)Cc1ccc(C(F)(F)F)cc1. The first-order valence-electron chi connectivity index (χ1n) is 6.89. The van der Waals surface area contributed by atoms with Crippen LogP contribution < -0.4 is 5.73 Å². The zero-order chi connectivity index (χ0) is 15.3. The fourth-order valence-electron chi connectivity index (χ4n) is 2.23. The zero-order valence-corrected chi connectivity index (χ0v) is 12.4. The lowest BCUT2D eigenvalue weighted by Crippen LogP contribution is -2.22. The second-order valence-corrected chi connectivity index (χ2v) is 6.16. The summed E-state index contributed by atoms with van der Waals surface area (Å²) < 4.78 is 37.4. The maximum Gasteiger partial charge on any atom is 0.416 e. The summed E-state index contributed by atoms with van der Waals surface area (Å²) in [5, 5.41) is 2.05. The smallest absolute Gasteiger partial charge is 0.327 e. The van der Waals surface area contributed by atoms with Gasteiger partial charge in [0.25, 0.3) is 0 Å². The molecule has 21 heavy (non-hydrogen) atoms. The molecule has 5 heteroatoms. The minimum atomic E-state index is -4.28. The summed E-state index contributed by atoms with van der Waals surface area (Å²) in [7, 11) is 0. The van der Waals surface area contributed by atoms with Crippen LogP contribution in [0.25, 0.3) is 0 Å². The van der Waals surface area contributed by atoms with Crippen molar-refractivity contribution in [3.05, 3.63) is 57.8 Å². The Morgan fingerprint density at radius 2 is 1.81 bits per heavy atom. The Hall–Kier alpha value is -1.33. The molecule has 0 aliphatic rings. The molecule has 1 nitrogen and oxygen atoms in total. The predicted molar refractivity (Wildman–Crippen MR) is 80.4 cm³/mol. The first-order valence-corrected chi connectivity index (χ1v) is 7.77. The molecular weight excluding hydrogens is 295 g/mol. The van der Waals surface area contributed by atoms with E-state index >= 15 is 0 Å². The van der Waals surface area contributed by atoms with Gasteiger partial charge in [0.05, 0.1) is 5.56 Å². The summed E-state index contributed by atoms with van der Waals surface area (Å²) in [6, 6.07) is 9.39. The second kappa shape index (κ2) is 7.09. The molecular formula is C16H18F3NS. The highest BCUT2D eigenvalue weighted by Gasteiger charge is 2.29. The van der Waals surface area contributed by atoms with E-state index in [9.17, 15) is 13.2 Å². The lowest BCUT2D eigenvalue weighted by atomic mass is 10.0. The quantitative estimate of drug-likeness (QED) is 0.824. The molecule has 2 aromatic rings. The van der Waals surface area contributed by atoms with Crippen LogP contribution in [0.4, 0.5) is 13.2 Å². The van der Waals surface area contributed by atoms with E-state index in [2.05, 4.69) is 11.4 Å². The molecule has 0 amide bonds. The highest BCUT2D eigenvalue weighted by molar-refractivity contribution is 7.09. The van der Waals surface area contributed by atoms with Crippen LogP contribution in [0.5, 0.6) is 0 Å². The number of thiophene rings is 1. The number of hydrogen-bond donors (Lipinski definition) is 1. The van der Waals surface area contributed by atoms with Crippen LogP contribution in [-0.2, 0) is 19.0 Å². The standard InChI is InChI=1S/C16H18F3NS/c17-16(18,19)13-8-6-12(7-9-13)11-14(20)3-1-4-15-5-2-10-21-15/h2,5-10,14H,1,3-4,11,20H2. The van der Waals surface area contributed by atoms with E-state index in [0.29, 0.717) is 6.42 Å². The van der Waals surface area contributed by atoms with E-state index in [1.807, 2.05) is 6.07 Å². The number of nitrogens with two attached hydrogens (primary N) is 1. The van der Waals surface area contributed by atoms with Crippen LogP contribution in [0.15, 0.2) is 41.8 Å². The van der Waals surface area contributed by atoms with Crippen LogP contribution in [-0.4, -0.2) is 6.04 Å². The third-order valence-corrected chi connectivity index (χ3v) is 4.29. The molecule has 2 rings (SSSR count). The van der Waals surface area contributed by atoms with Crippen molar-refractivity contribution < 1.29 is 13.2 Å². The van der Waals surface area contributed by atoms with Gasteiger partial charge >= 0.3 is 6.18 Å². The number of alkyl halides is 3. The van der Waals surface area contributed by atoms with Gasteiger partial charge in [-0.05, 0) is 54.8 Å². The van der Waals surface area contributed by atoms with E-state index in [0.717, 1.165) is 37.0 Å². The summed E-state index contributed by atoms with van der Waals surface area (Å²) in [6.45, 7) is 0. The molecule has 1 unspecified atom stereocenters. The molecule has 0 spiro atoms. The van der Waals surface area contributed by atoms with Gasteiger partial charge in [0, 0.05) is 10.9 Å². The Balaban J connectivity index is 1.78. The summed E-state index contributed by atoms with van der Waals surface area (Å²) in [5.74, 6) is 0. The summed E-state index contributed by atoms with van der Waals surface area (Å²) in [5.41, 5.74) is 6.29. The molecule has 0 bridgehead atoms. The van der Waals surface area contributed by atoms with E-state index in [1.54, 1.807) is 11.3 Å². The average molecular weight is 313 g/mol. The van der Waals surface area contributed by atoms with Gasteiger partial charge in [-0.1, -0.05) is 18.2 Å². The Bertz CT molecular complexity index is 532. The number of rotatable bonds is 6. The number of benzene rings is 1. The van der Waals surface area contributed by atoms with Crippen molar-refractivity contribution >= 4 is 11.3 Å². The van der Waals surface area contributed by atoms with Crippen molar-refractivity contribution in [2.75, 3.05) is 0 Å². The van der Waals surface area contributed by atoms with Gasteiger partial charge in [0.15, 0.2) is 0 Å². The van der Waals surface area contributed by atoms with Gasteiger partial charge in [-0.2, -0.15) is 13.2 Å². The Morgan fingerprint density at radius 3 is 2.38 bits per heavy atom. The highest BCUT2D eigenvalue weighted by atomic mass is 32.1. The van der Waals surface area contributed by atoms with E-state index in [1.165, 1.54) is 17.0 Å². The minimum absolute atomic E-state index is 0.0123. The third-order valence-electron chi connectivity index (χ3n) is 3.36. The molecule has 1 aromatic carbocycles. The predicted octanol–water partition coefficient (Wildman–Crippen LogP) is 4.66. The molecule has 1 heterocycles. The molecule has 1 aromatic heterocycles. The summed E-state index contributed by atoms with van der Waals surface area (Å²) >= 11 is 1.74. The third kappa shape index (κ3) is 5.17. The molecule has 1 atom stereocenters. The van der Waals surface area contributed by atoms with E-state index in [-0.39, 0.29) is 6.04 Å². The molecule has 0 fully saturated rings. The fraction of sp³-hybridized carbons (Fsp3) is 0.375. The molecule has 0 saturated carbocycles. The monoisotopic (exact) mass is 313 g/mol. The maximum absolute atomic E-state index is 12.5. The molecule has 0 radical (unpaired) electrons. The zero-order valence-electron chi connectivity index (χ0n) is 11.6. The minimum Gasteiger partial charge on any atom is -0.327 e. The number of aryl methyl sites for hydroxylation is 1. The first-order chi connectivity index (χ1) is 9.95. The molecule has 0 aliphatic carbocycles. The van der Waals surface area contributed by atoms with E-state index < -0.39 is 11.7 Å². The lowest BCUT2D eigenvalue weighted by molar-refractivity contribution is -0.137.